The monoisotopic (exact) mass is 363 g/mol. The topological polar surface area (TPSA) is 84.2 Å². The summed E-state index contributed by atoms with van der Waals surface area (Å²) in [5.74, 6) is 0.0456. The fourth-order valence-corrected chi connectivity index (χ4v) is 2.45. The summed E-state index contributed by atoms with van der Waals surface area (Å²) in [4.78, 5) is 24.1. The van der Waals surface area contributed by atoms with Crippen molar-refractivity contribution in [1.29, 1.82) is 0 Å². The molecule has 22 heavy (non-hydrogen) atoms. The molecule has 1 aromatic carbocycles. The largest absolute Gasteiger partial charge is 0.360 e. The van der Waals surface area contributed by atoms with Gasteiger partial charge in [0.1, 0.15) is 5.76 Å². The van der Waals surface area contributed by atoms with Crippen LogP contribution >= 0.6 is 15.9 Å². The van der Waals surface area contributed by atoms with Gasteiger partial charge >= 0.3 is 0 Å². The van der Waals surface area contributed by atoms with E-state index in [0.29, 0.717) is 23.7 Å². The van der Waals surface area contributed by atoms with Crippen LogP contribution in [0.2, 0.25) is 0 Å². The summed E-state index contributed by atoms with van der Waals surface area (Å²) in [6.45, 7) is 1.74. The average molecular weight is 364 g/mol. The van der Waals surface area contributed by atoms with Crippen LogP contribution in [-0.4, -0.2) is 17.0 Å². The highest BCUT2D eigenvalue weighted by atomic mass is 79.9. The second-order valence-electron chi connectivity index (χ2n) is 5.26. The van der Waals surface area contributed by atoms with Crippen molar-refractivity contribution < 1.29 is 14.1 Å². The van der Waals surface area contributed by atoms with Crippen LogP contribution in [0.15, 0.2) is 39.3 Å². The van der Waals surface area contributed by atoms with Gasteiger partial charge in [0, 0.05) is 16.2 Å². The maximum Gasteiger partial charge on any atom is 0.229 e. The molecule has 0 spiro atoms. The Bertz CT molecular complexity index is 711. The zero-order valence-corrected chi connectivity index (χ0v) is 13.4. The number of anilines is 2. The van der Waals surface area contributed by atoms with E-state index in [0.717, 1.165) is 4.47 Å². The Balaban J connectivity index is 1.53. The molecule has 0 radical (unpaired) electrons. The van der Waals surface area contributed by atoms with E-state index in [1.54, 1.807) is 25.1 Å². The molecule has 0 saturated heterocycles. The summed E-state index contributed by atoms with van der Waals surface area (Å²) in [6.07, 6.45) is 0.547. The second-order valence-corrected chi connectivity index (χ2v) is 6.17. The van der Waals surface area contributed by atoms with Crippen molar-refractivity contribution in [1.82, 2.24) is 5.16 Å². The molecule has 114 valence electrons. The molecule has 3 rings (SSSR count). The summed E-state index contributed by atoms with van der Waals surface area (Å²) in [5, 5.41) is 9.16. The molecule has 1 aliphatic rings. The van der Waals surface area contributed by atoms with Crippen LogP contribution < -0.4 is 10.6 Å². The Kier molecular flexibility index (Phi) is 3.98. The number of nitrogens with one attached hydrogen (secondary N) is 2. The third-order valence-electron chi connectivity index (χ3n) is 3.45. The van der Waals surface area contributed by atoms with Crippen LogP contribution in [0.25, 0.3) is 0 Å². The van der Waals surface area contributed by atoms with Crippen molar-refractivity contribution >= 4 is 39.2 Å². The van der Waals surface area contributed by atoms with Gasteiger partial charge in [-0.2, -0.15) is 0 Å². The molecule has 2 amide bonds. The lowest BCUT2D eigenvalue weighted by molar-refractivity contribution is -0.122. The van der Waals surface area contributed by atoms with Gasteiger partial charge in [0.05, 0.1) is 11.8 Å². The first-order valence-corrected chi connectivity index (χ1v) is 7.63. The Morgan fingerprint density at radius 3 is 2.41 bits per heavy atom. The lowest BCUT2D eigenvalue weighted by atomic mass is 10.2. The van der Waals surface area contributed by atoms with Crippen molar-refractivity contribution in [3.8, 4) is 0 Å². The number of nitrogens with zero attached hydrogens (tertiary/aromatic N) is 1. The van der Waals surface area contributed by atoms with E-state index >= 15 is 0 Å². The Morgan fingerprint density at radius 1 is 1.18 bits per heavy atom. The van der Waals surface area contributed by atoms with Gasteiger partial charge in [-0.05, 0) is 37.6 Å². The van der Waals surface area contributed by atoms with E-state index in [4.69, 9.17) is 4.52 Å². The molecule has 1 aromatic heterocycles. The van der Waals surface area contributed by atoms with Crippen molar-refractivity contribution in [3.63, 3.8) is 0 Å². The smallest absolute Gasteiger partial charge is 0.229 e. The number of amides is 2. The number of rotatable bonds is 4. The van der Waals surface area contributed by atoms with Crippen molar-refractivity contribution in [2.75, 3.05) is 10.6 Å². The normalized spacial score (nSPS) is 19.5. The van der Waals surface area contributed by atoms with Crippen molar-refractivity contribution in [3.05, 3.63) is 40.6 Å². The van der Waals surface area contributed by atoms with E-state index in [9.17, 15) is 9.59 Å². The van der Waals surface area contributed by atoms with Crippen LogP contribution in [0.5, 0.6) is 0 Å². The molecule has 2 N–H and O–H groups in total. The molecule has 1 fully saturated rings. The van der Waals surface area contributed by atoms with Crippen LogP contribution in [0.3, 0.4) is 0 Å². The Labute approximate surface area is 135 Å². The van der Waals surface area contributed by atoms with Crippen LogP contribution in [0.1, 0.15) is 12.2 Å². The maximum absolute atomic E-state index is 12.1. The first kappa shape index (κ1) is 14.8. The highest BCUT2D eigenvalue weighted by molar-refractivity contribution is 9.10. The van der Waals surface area contributed by atoms with Gasteiger partial charge in [0.25, 0.3) is 0 Å². The van der Waals surface area contributed by atoms with Gasteiger partial charge in [0.2, 0.25) is 11.8 Å². The highest BCUT2D eigenvalue weighted by Crippen LogP contribution is 2.40. The van der Waals surface area contributed by atoms with Crippen molar-refractivity contribution in [2.24, 2.45) is 11.8 Å². The van der Waals surface area contributed by atoms with Gasteiger partial charge < -0.3 is 15.2 Å². The molecule has 2 aromatic rings. The lowest BCUT2D eigenvalue weighted by Gasteiger charge is -2.05. The van der Waals surface area contributed by atoms with E-state index in [1.807, 2.05) is 12.1 Å². The lowest BCUT2D eigenvalue weighted by Crippen LogP contribution is -2.20. The van der Waals surface area contributed by atoms with E-state index in [-0.39, 0.29) is 23.7 Å². The molecule has 0 aliphatic heterocycles. The molecular formula is C15H14BrN3O3. The van der Waals surface area contributed by atoms with E-state index in [1.165, 1.54) is 0 Å². The summed E-state index contributed by atoms with van der Waals surface area (Å²) in [6, 6.07) is 8.94. The predicted molar refractivity (Wildman–Crippen MR) is 84.2 cm³/mol. The van der Waals surface area contributed by atoms with E-state index < -0.39 is 0 Å². The van der Waals surface area contributed by atoms with Crippen LogP contribution in [-0.2, 0) is 9.59 Å². The maximum atomic E-state index is 12.1. The molecular weight excluding hydrogens is 350 g/mol. The second kappa shape index (κ2) is 5.92. The summed E-state index contributed by atoms with van der Waals surface area (Å²) >= 11 is 3.34. The molecule has 1 aliphatic carbocycles. The minimum Gasteiger partial charge on any atom is -0.360 e. The molecule has 1 saturated carbocycles. The van der Waals surface area contributed by atoms with Crippen molar-refractivity contribution in [2.45, 2.75) is 13.3 Å². The average Bonchev–Trinajstić information content (AvgIpc) is 3.19. The fourth-order valence-electron chi connectivity index (χ4n) is 2.19. The van der Waals surface area contributed by atoms with Crippen LogP contribution in [0, 0.1) is 18.8 Å². The van der Waals surface area contributed by atoms with E-state index in [2.05, 4.69) is 31.7 Å². The third-order valence-corrected chi connectivity index (χ3v) is 3.98. The van der Waals surface area contributed by atoms with Gasteiger partial charge in [-0.15, -0.1) is 0 Å². The number of hydrogen-bond acceptors (Lipinski definition) is 4. The standard InChI is InChI=1S/C15H14BrN3O3/c1-8-6-13(19-22-8)18-15(21)12-7-11(12)14(20)17-10-4-2-9(16)3-5-10/h2-6,11-12H,7H2,1H3,(H,17,20)(H,18,19,21). The first-order chi connectivity index (χ1) is 10.5. The zero-order chi connectivity index (χ0) is 15.7. The number of carbonyl (C=O) groups excluding carboxylic acids is 2. The number of hydrogen-bond donors (Lipinski definition) is 2. The minimum absolute atomic E-state index is 0.140. The third kappa shape index (κ3) is 3.36. The molecule has 0 bridgehead atoms. The molecule has 6 nitrogen and oxygen atoms in total. The van der Waals surface area contributed by atoms with Gasteiger partial charge in [-0.3, -0.25) is 9.59 Å². The van der Waals surface area contributed by atoms with Crippen LogP contribution in [0.4, 0.5) is 11.5 Å². The minimum atomic E-state index is -0.313. The number of benzene rings is 1. The fraction of sp³-hybridized carbons (Fsp3) is 0.267. The number of carbonyl (C=O) groups is 2. The number of aromatic nitrogens is 1. The molecule has 2 atom stereocenters. The summed E-state index contributed by atoms with van der Waals surface area (Å²) in [5.41, 5.74) is 0.714. The Morgan fingerprint density at radius 2 is 1.82 bits per heavy atom. The predicted octanol–water partition coefficient (Wildman–Crippen LogP) is 2.96. The molecule has 1 heterocycles. The summed E-state index contributed by atoms with van der Waals surface area (Å²) in [7, 11) is 0. The highest BCUT2D eigenvalue weighted by Gasteiger charge is 2.48. The SMILES string of the molecule is Cc1cc(NC(=O)C2CC2C(=O)Nc2ccc(Br)cc2)no1. The first-order valence-electron chi connectivity index (χ1n) is 6.83. The quantitative estimate of drug-likeness (QED) is 0.874. The number of halogens is 1. The zero-order valence-electron chi connectivity index (χ0n) is 11.8. The van der Waals surface area contributed by atoms with Gasteiger partial charge in [-0.25, -0.2) is 0 Å². The number of aryl methyl sites for hydroxylation is 1. The van der Waals surface area contributed by atoms with Gasteiger partial charge in [-0.1, -0.05) is 21.1 Å². The molecule has 7 heteroatoms. The Hall–Kier alpha value is -2.15. The summed E-state index contributed by atoms with van der Waals surface area (Å²) < 4.78 is 5.82. The van der Waals surface area contributed by atoms with Gasteiger partial charge in [0.15, 0.2) is 5.82 Å². The molecule has 2 unspecified atom stereocenters.